The van der Waals surface area contributed by atoms with Crippen molar-refractivity contribution < 1.29 is 9.90 Å². The number of hydrogen-bond acceptors (Lipinski definition) is 3. The molecule has 11 heavy (non-hydrogen) atoms. The normalized spacial score (nSPS) is 44.1. The summed E-state index contributed by atoms with van der Waals surface area (Å²) in [4.78, 5) is 11.4. The Morgan fingerprint density at radius 1 is 1.27 bits per heavy atom. The number of fused-ring (bicyclic) bond motifs is 2. The molecule has 0 amide bonds. The molecule has 62 valence electrons. The highest BCUT2D eigenvalue weighted by Gasteiger charge is 2.37. The molecule has 3 heteroatoms. The Hall–Kier alpha value is -0.410. The third kappa shape index (κ3) is 1.19. The molecule has 1 saturated carbocycles. The van der Waals surface area contributed by atoms with E-state index < -0.39 is 0 Å². The first-order chi connectivity index (χ1) is 5.27. The third-order valence-corrected chi connectivity index (χ3v) is 2.70. The van der Waals surface area contributed by atoms with Crippen molar-refractivity contribution in [2.45, 2.75) is 18.9 Å². The summed E-state index contributed by atoms with van der Waals surface area (Å²) in [7, 11) is 0. The summed E-state index contributed by atoms with van der Waals surface area (Å²) in [5.74, 6) is 0.559. The molecule has 1 heterocycles. The number of hydrogen-bond donors (Lipinski definition) is 2. The SMILES string of the molecule is O=C1C2CNCC1CC(O)C2. The number of ketones is 1. The zero-order valence-electron chi connectivity index (χ0n) is 6.42. The van der Waals surface area contributed by atoms with Gasteiger partial charge in [-0.25, -0.2) is 0 Å². The van der Waals surface area contributed by atoms with Crippen molar-refractivity contribution in [1.29, 1.82) is 0 Å². The van der Waals surface area contributed by atoms with Crippen LogP contribution in [0.5, 0.6) is 0 Å². The fourth-order valence-corrected chi connectivity index (χ4v) is 2.12. The Morgan fingerprint density at radius 3 is 2.36 bits per heavy atom. The minimum absolute atomic E-state index is 0.0949. The van der Waals surface area contributed by atoms with E-state index in [9.17, 15) is 9.90 Å². The van der Waals surface area contributed by atoms with E-state index in [4.69, 9.17) is 0 Å². The van der Waals surface area contributed by atoms with Crippen molar-refractivity contribution in [1.82, 2.24) is 5.32 Å². The van der Waals surface area contributed by atoms with Gasteiger partial charge in [-0.05, 0) is 12.8 Å². The highest BCUT2D eigenvalue weighted by atomic mass is 16.3. The lowest BCUT2D eigenvalue weighted by Crippen LogP contribution is -2.49. The summed E-state index contributed by atoms with van der Waals surface area (Å²) in [6, 6.07) is 0. The maximum Gasteiger partial charge on any atom is 0.141 e. The smallest absolute Gasteiger partial charge is 0.141 e. The second-order valence-electron chi connectivity index (χ2n) is 3.58. The molecule has 2 rings (SSSR count). The molecule has 2 atom stereocenters. The Balaban J connectivity index is 2.13. The standard InChI is InChI=1S/C8H13NO2/c10-7-1-5-3-9-4-6(2-7)8(5)11/h5-7,9-10H,1-4H2. The number of rotatable bonds is 0. The molecule has 1 saturated heterocycles. The number of nitrogens with one attached hydrogen (secondary N) is 1. The van der Waals surface area contributed by atoms with Crippen LogP contribution in [0.3, 0.4) is 0 Å². The molecule has 1 aliphatic heterocycles. The number of carbonyl (C=O) groups is 1. The van der Waals surface area contributed by atoms with Crippen LogP contribution < -0.4 is 5.32 Å². The predicted molar refractivity (Wildman–Crippen MR) is 40.1 cm³/mol. The van der Waals surface area contributed by atoms with E-state index in [1.54, 1.807) is 0 Å². The Morgan fingerprint density at radius 2 is 1.82 bits per heavy atom. The minimum Gasteiger partial charge on any atom is -0.393 e. The Labute approximate surface area is 65.8 Å². The molecule has 2 fully saturated rings. The van der Waals surface area contributed by atoms with Gasteiger partial charge >= 0.3 is 0 Å². The average molecular weight is 155 g/mol. The monoisotopic (exact) mass is 155 g/mol. The number of piperidine rings is 1. The fourth-order valence-electron chi connectivity index (χ4n) is 2.12. The molecular formula is C8H13NO2. The van der Waals surface area contributed by atoms with Crippen molar-refractivity contribution in [3.8, 4) is 0 Å². The fraction of sp³-hybridized carbons (Fsp3) is 0.875. The predicted octanol–water partition coefficient (Wildman–Crippen LogP) is -0.454. The number of carbonyl (C=O) groups excluding carboxylic acids is 1. The van der Waals surface area contributed by atoms with Crippen LogP contribution in [-0.2, 0) is 4.79 Å². The second-order valence-corrected chi connectivity index (χ2v) is 3.58. The van der Waals surface area contributed by atoms with Crippen molar-refractivity contribution in [2.24, 2.45) is 11.8 Å². The van der Waals surface area contributed by atoms with Gasteiger partial charge in [-0.15, -0.1) is 0 Å². The number of aliphatic hydroxyl groups excluding tert-OH is 1. The Bertz CT molecular complexity index is 165. The van der Waals surface area contributed by atoms with E-state index in [-0.39, 0.29) is 17.9 Å². The van der Waals surface area contributed by atoms with Gasteiger partial charge in [0, 0.05) is 24.9 Å². The maximum atomic E-state index is 11.4. The van der Waals surface area contributed by atoms with Crippen molar-refractivity contribution in [3.05, 3.63) is 0 Å². The van der Waals surface area contributed by atoms with Gasteiger partial charge in [0.1, 0.15) is 5.78 Å². The lowest BCUT2D eigenvalue weighted by atomic mass is 9.76. The third-order valence-electron chi connectivity index (χ3n) is 2.70. The quantitative estimate of drug-likeness (QED) is 0.498. The molecule has 2 N–H and O–H groups in total. The first-order valence-corrected chi connectivity index (χ1v) is 4.20. The molecule has 0 aromatic rings. The first kappa shape index (κ1) is 7.25. The van der Waals surface area contributed by atoms with Crippen LogP contribution in [-0.4, -0.2) is 30.1 Å². The summed E-state index contributed by atoms with van der Waals surface area (Å²) < 4.78 is 0. The van der Waals surface area contributed by atoms with Crippen LogP contribution in [0.4, 0.5) is 0 Å². The second kappa shape index (κ2) is 2.57. The van der Waals surface area contributed by atoms with Crippen LogP contribution >= 0.6 is 0 Å². The number of Topliss-reactive ketones (excluding diaryl/α,β-unsaturated/α-hetero) is 1. The molecular weight excluding hydrogens is 142 g/mol. The topological polar surface area (TPSA) is 49.3 Å². The summed E-state index contributed by atoms with van der Waals surface area (Å²) in [6.45, 7) is 1.54. The van der Waals surface area contributed by atoms with Gasteiger partial charge < -0.3 is 10.4 Å². The molecule has 0 spiro atoms. The van der Waals surface area contributed by atoms with Gasteiger partial charge in [0.2, 0.25) is 0 Å². The van der Waals surface area contributed by atoms with E-state index in [1.807, 2.05) is 0 Å². The van der Waals surface area contributed by atoms with E-state index in [0.29, 0.717) is 18.6 Å². The van der Waals surface area contributed by atoms with E-state index >= 15 is 0 Å². The summed E-state index contributed by atoms with van der Waals surface area (Å²) in [5, 5.41) is 12.6. The van der Waals surface area contributed by atoms with E-state index in [1.165, 1.54) is 0 Å². The molecule has 3 nitrogen and oxygen atoms in total. The van der Waals surface area contributed by atoms with Gasteiger partial charge in [-0.2, -0.15) is 0 Å². The van der Waals surface area contributed by atoms with Crippen LogP contribution in [0, 0.1) is 11.8 Å². The highest BCUT2D eigenvalue weighted by Crippen LogP contribution is 2.27. The van der Waals surface area contributed by atoms with Gasteiger partial charge in [0.25, 0.3) is 0 Å². The molecule has 1 aliphatic carbocycles. The number of aliphatic hydroxyl groups is 1. The lowest BCUT2D eigenvalue weighted by Gasteiger charge is -2.35. The molecule has 2 bridgehead atoms. The van der Waals surface area contributed by atoms with Crippen LogP contribution in [0.25, 0.3) is 0 Å². The van der Waals surface area contributed by atoms with Crippen LogP contribution in [0.1, 0.15) is 12.8 Å². The summed E-state index contributed by atoms with van der Waals surface area (Å²) in [6.07, 6.45) is 1.11. The summed E-state index contributed by atoms with van der Waals surface area (Å²) >= 11 is 0. The molecule has 0 aromatic carbocycles. The van der Waals surface area contributed by atoms with E-state index in [2.05, 4.69) is 5.32 Å². The zero-order valence-corrected chi connectivity index (χ0v) is 6.42. The van der Waals surface area contributed by atoms with Crippen molar-refractivity contribution >= 4 is 5.78 Å². The molecule has 0 aromatic heterocycles. The van der Waals surface area contributed by atoms with Gasteiger partial charge in [-0.3, -0.25) is 4.79 Å². The largest absolute Gasteiger partial charge is 0.393 e. The molecule has 2 unspecified atom stereocenters. The zero-order chi connectivity index (χ0) is 7.84. The first-order valence-electron chi connectivity index (χ1n) is 4.20. The van der Waals surface area contributed by atoms with Crippen molar-refractivity contribution in [2.75, 3.05) is 13.1 Å². The Kier molecular flexibility index (Phi) is 1.69. The van der Waals surface area contributed by atoms with Gasteiger partial charge in [0.05, 0.1) is 6.10 Å². The lowest BCUT2D eigenvalue weighted by molar-refractivity contribution is -0.134. The molecule has 0 radical (unpaired) electrons. The van der Waals surface area contributed by atoms with Gasteiger partial charge in [0.15, 0.2) is 0 Å². The highest BCUT2D eigenvalue weighted by molar-refractivity contribution is 5.85. The van der Waals surface area contributed by atoms with Crippen LogP contribution in [0.2, 0.25) is 0 Å². The van der Waals surface area contributed by atoms with Gasteiger partial charge in [-0.1, -0.05) is 0 Å². The van der Waals surface area contributed by atoms with E-state index in [0.717, 1.165) is 13.1 Å². The van der Waals surface area contributed by atoms with Crippen LogP contribution in [0.15, 0.2) is 0 Å². The molecule has 2 aliphatic rings. The average Bonchev–Trinajstić information content (AvgIpc) is 1.92. The maximum absolute atomic E-state index is 11.4. The minimum atomic E-state index is -0.232. The summed E-state index contributed by atoms with van der Waals surface area (Å²) in [5.41, 5.74) is 0. The van der Waals surface area contributed by atoms with Crippen molar-refractivity contribution in [3.63, 3.8) is 0 Å².